The molecule has 0 fully saturated rings. The van der Waals surface area contributed by atoms with Gasteiger partial charge in [-0.05, 0) is 48.1 Å². The molecule has 0 saturated carbocycles. The van der Waals surface area contributed by atoms with E-state index in [9.17, 15) is 0 Å². The van der Waals surface area contributed by atoms with Gasteiger partial charge in [0.15, 0.2) is 5.82 Å². The van der Waals surface area contributed by atoms with Crippen molar-refractivity contribution in [3.8, 4) is 11.4 Å². The van der Waals surface area contributed by atoms with Gasteiger partial charge in [-0.1, -0.05) is 35.0 Å². The monoisotopic (exact) mass is 431 g/mol. The third-order valence-corrected chi connectivity index (χ3v) is 4.43. The van der Waals surface area contributed by atoms with Gasteiger partial charge in [0.25, 0.3) is 0 Å². The molecule has 1 heterocycles. The van der Waals surface area contributed by atoms with Gasteiger partial charge in [-0.3, -0.25) is 0 Å². The van der Waals surface area contributed by atoms with Crippen LogP contribution in [0.5, 0.6) is 0 Å². The Kier molecular flexibility index (Phi) is 5.15. The minimum Gasteiger partial charge on any atom is -0.369 e. The maximum Gasteiger partial charge on any atom is 0.161 e. The quantitative estimate of drug-likeness (QED) is 0.716. The summed E-state index contributed by atoms with van der Waals surface area (Å²) in [6, 6.07) is 8.05. The van der Waals surface area contributed by atoms with Gasteiger partial charge in [0.2, 0.25) is 0 Å². The molecule has 0 radical (unpaired) electrons. The zero-order valence-electron chi connectivity index (χ0n) is 10.9. The number of anilines is 1. The summed E-state index contributed by atoms with van der Waals surface area (Å²) in [4.78, 5) is 9.20. The summed E-state index contributed by atoms with van der Waals surface area (Å²) in [5, 5.41) is 3.36. The van der Waals surface area contributed by atoms with Crippen molar-refractivity contribution in [2.75, 3.05) is 11.9 Å². The van der Waals surface area contributed by atoms with Gasteiger partial charge >= 0.3 is 0 Å². The van der Waals surface area contributed by atoms with E-state index in [4.69, 9.17) is 0 Å². The van der Waals surface area contributed by atoms with Crippen LogP contribution in [0.1, 0.15) is 19.0 Å². The van der Waals surface area contributed by atoms with Crippen molar-refractivity contribution in [3.63, 3.8) is 0 Å². The number of halogens is 2. The minimum atomic E-state index is 0.762. The maximum atomic E-state index is 4.63. The molecule has 0 saturated heterocycles. The fraction of sp³-hybridized carbons (Fsp3) is 0.286. The van der Waals surface area contributed by atoms with Gasteiger partial charge in [0.05, 0.1) is 9.26 Å². The standard InChI is InChI=1S/C14H15BrIN3/c1-3-7-17-14-12(16)9(2)18-13(19-14)10-5-4-6-11(15)8-10/h4-6,8H,3,7H2,1-2H3,(H,17,18,19). The number of hydrogen-bond donors (Lipinski definition) is 1. The van der Waals surface area contributed by atoms with E-state index in [1.54, 1.807) is 0 Å². The molecule has 0 aliphatic rings. The Morgan fingerprint density at radius 3 is 2.79 bits per heavy atom. The highest BCUT2D eigenvalue weighted by Gasteiger charge is 2.10. The summed E-state index contributed by atoms with van der Waals surface area (Å²) in [6.45, 7) is 5.08. The molecule has 0 aliphatic heterocycles. The molecule has 0 spiro atoms. The van der Waals surface area contributed by atoms with E-state index in [0.717, 1.165) is 43.9 Å². The molecule has 3 nitrogen and oxygen atoms in total. The summed E-state index contributed by atoms with van der Waals surface area (Å²) in [7, 11) is 0. The first-order valence-corrected chi connectivity index (χ1v) is 8.03. The maximum absolute atomic E-state index is 4.63. The second-order valence-corrected chi connectivity index (χ2v) is 6.23. The van der Waals surface area contributed by atoms with Crippen LogP contribution >= 0.6 is 38.5 Å². The van der Waals surface area contributed by atoms with Crippen molar-refractivity contribution in [1.29, 1.82) is 0 Å². The first kappa shape index (κ1) is 14.7. The highest BCUT2D eigenvalue weighted by atomic mass is 127. The molecule has 0 atom stereocenters. The second kappa shape index (κ2) is 6.65. The first-order valence-electron chi connectivity index (χ1n) is 6.15. The number of nitrogens with zero attached hydrogens (tertiary/aromatic N) is 2. The number of aryl methyl sites for hydroxylation is 1. The largest absolute Gasteiger partial charge is 0.369 e. The van der Waals surface area contributed by atoms with Crippen molar-refractivity contribution >= 4 is 44.3 Å². The van der Waals surface area contributed by atoms with Crippen LogP contribution in [-0.4, -0.2) is 16.5 Å². The number of hydrogen-bond acceptors (Lipinski definition) is 3. The molecule has 2 rings (SSSR count). The van der Waals surface area contributed by atoms with E-state index in [-0.39, 0.29) is 0 Å². The van der Waals surface area contributed by atoms with Gasteiger partial charge in [-0.2, -0.15) is 0 Å². The van der Waals surface area contributed by atoms with Crippen LogP contribution in [0, 0.1) is 10.5 Å². The molecule has 1 N–H and O–H groups in total. The number of benzene rings is 1. The molecule has 2 aromatic rings. The smallest absolute Gasteiger partial charge is 0.161 e. The van der Waals surface area contributed by atoms with Gasteiger partial charge in [0, 0.05) is 16.6 Å². The lowest BCUT2D eigenvalue weighted by Crippen LogP contribution is -2.07. The Bertz CT molecular complexity index is 587. The lowest BCUT2D eigenvalue weighted by molar-refractivity contribution is 0.958. The molecule has 1 aromatic heterocycles. The average Bonchev–Trinajstić information content (AvgIpc) is 2.40. The van der Waals surface area contributed by atoms with E-state index < -0.39 is 0 Å². The molecule has 0 bridgehead atoms. The van der Waals surface area contributed by atoms with E-state index in [0.29, 0.717) is 0 Å². The zero-order valence-corrected chi connectivity index (χ0v) is 14.6. The number of rotatable bonds is 4. The predicted octanol–water partition coefficient (Wildman–Crippen LogP) is 4.64. The highest BCUT2D eigenvalue weighted by molar-refractivity contribution is 14.1. The highest BCUT2D eigenvalue weighted by Crippen LogP contribution is 2.25. The summed E-state index contributed by atoms with van der Waals surface area (Å²) >= 11 is 5.77. The van der Waals surface area contributed by atoms with Crippen molar-refractivity contribution < 1.29 is 0 Å². The number of nitrogens with one attached hydrogen (secondary N) is 1. The third-order valence-electron chi connectivity index (χ3n) is 2.64. The van der Waals surface area contributed by atoms with E-state index in [1.165, 1.54) is 0 Å². The van der Waals surface area contributed by atoms with Crippen molar-refractivity contribution in [2.24, 2.45) is 0 Å². The Morgan fingerprint density at radius 1 is 1.32 bits per heavy atom. The van der Waals surface area contributed by atoms with E-state index in [1.807, 2.05) is 31.2 Å². The van der Waals surface area contributed by atoms with Crippen LogP contribution in [0.3, 0.4) is 0 Å². The summed E-state index contributed by atoms with van der Waals surface area (Å²) < 4.78 is 2.12. The summed E-state index contributed by atoms with van der Waals surface area (Å²) in [5.41, 5.74) is 2.03. The normalized spacial score (nSPS) is 10.5. The summed E-state index contributed by atoms with van der Waals surface area (Å²) in [6.07, 6.45) is 1.07. The fourth-order valence-corrected chi connectivity index (χ4v) is 2.51. The lowest BCUT2D eigenvalue weighted by atomic mass is 10.2. The van der Waals surface area contributed by atoms with Crippen LogP contribution in [0.4, 0.5) is 5.82 Å². The van der Waals surface area contributed by atoms with Crippen LogP contribution in [-0.2, 0) is 0 Å². The molecule has 0 aliphatic carbocycles. The lowest BCUT2D eigenvalue weighted by Gasteiger charge is -2.11. The average molecular weight is 432 g/mol. The van der Waals surface area contributed by atoms with Gasteiger partial charge < -0.3 is 5.32 Å². The van der Waals surface area contributed by atoms with Crippen LogP contribution < -0.4 is 5.32 Å². The van der Waals surface area contributed by atoms with Crippen molar-refractivity contribution in [2.45, 2.75) is 20.3 Å². The topological polar surface area (TPSA) is 37.8 Å². The zero-order chi connectivity index (χ0) is 13.8. The molecular formula is C14H15BrIN3. The van der Waals surface area contributed by atoms with Crippen LogP contribution in [0.25, 0.3) is 11.4 Å². The molecule has 0 unspecified atom stereocenters. The van der Waals surface area contributed by atoms with Gasteiger partial charge in [-0.15, -0.1) is 0 Å². The Morgan fingerprint density at radius 2 is 2.11 bits per heavy atom. The molecular weight excluding hydrogens is 417 g/mol. The van der Waals surface area contributed by atoms with E-state index >= 15 is 0 Å². The Hall–Kier alpha value is -0.690. The SMILES string of the molecule is CCCNc1nc(-c2cccc(Br)c2)nc(C)c1I. The predicted molar refractivity (Wildman–Crippen MR) is 91.4 cm³/mol. The van der Waals surface area contributed by atoms with Gasteiger partial charge in [0.1, 0.15) is 5.82 Å². The molecule has 19 heavy (non-hydrogen) atoms. The number of aromatic nitrogens is 2. The molecule has 100 valence electrons. The minimum absolute atomic E-state index is 0.762. The second-order valence-electron chi connectivity index (χ2n) is 4.23. The van der Waals surface area contributed by atoms with Gasteiger partial charge in [-0.25, -0.2) is 9.97 Å². The Balaban J connectivity index is 2.44. The van der Waals surface area contributed by atoms with Crippen LogP contribution in [0.2, 0.25) is 0 Å². The van der Waals surface area contributed by atoms with Crippen LogP contribution in [0.15, 0.2) is 28.7 Å². The fourth-order valence-electron chi connectivity index (χ4n) is 1.68. The van der Waals surface area contributed by atoms with Crippen molar-refractivity contribution in [1.82, 2.24) is 9.97 Å². The van der Waals surface area contributed by atoms with Crippen molar-refractivity contribution in [3.05, 3.63) is 38.0 Å². The third kappa shape index (κ3) is 3.66. The molecule has 0 amide bonds. The molecule has 1 aromatic carbocycles. The van der Waals surface area contributed by atoms with E-state index in [2.05, 4.69) is 60.7 Å². The first-order chi connectivity index (χ1) is 9.11. The Labute approximate surface area is 135 Å². The molecule has 5 heteroatoms. The summed E-state index contributed by atoms with van der Waals surface area (Å²) in [5.74, 6) is 1.68.